The summed E-state index contributed by atoms with van der Waals surface area (Å²) in [5, 5.41) is 8.01. The Morgan fingerprint density at radius 2 is 1.80 bits per heavy atom. The van der Waals surface area contributed by atoms with Gasteiger partial charge in [-0.2, -0.15) is 0 Å². The molecule has 2 aromatic rings. The molecule has 132 valence electrons. The van der Waals surface area contributed by atoms with Crippen LogP contribution in [0.25, 0.3) is 0 Å². The quantitative estimate of drug-likeness (QED) is 0.635. The second-order valence-corrected chi connectivity index (χ2v) is 5.84. The van der Waals surface area contributed by atoms with E-state index in [1.807, 2.05) is 0 Å². The molecule has 0 atom stereocenters. The number of carbonyl (C=O) groups is 2. The van der Waals surface area contributed by atoms with Crippen LogP contribution >= 0.6 is 23.2 Å². The predicted molar refractivity (Wildman–Crippen MR) is 96.9 cm³/mol. The number of carbonyl (C=O) groups excluding carboxylic acids is 2. The molecule has 0 aliphatic heterocycles. The van der Waals surface area contributed by atoms with Gasteiger partial charge in [0.1, 0.15) is 5.82 Å². The minimum absolute atomic E-state index is 0.139. The van der Waals surface area contributed by atoms with Crippen molar-refractivity contribution in [1.29, 1.82) is 0 Å². The first kappa shape index (κ1) is 19.0. The summed E-state index contributed by atoms with van der Waals surface area (Å²) in [5.74, 6) is -1.00. The lowest BCUT2D eigenvalue weighted by molar-refractivity contribution is 0.0955. The number of urea groups is 1. The standard InChI is InChI=1S/C16H15Cl2FN4O2/c17-9-1-2-13(15(24)21-4-3-20)14(7-9)23-16(25)22-12-6-10(18)5-11(19)8-12/h1-2,5-8H,3-4,20H2,(H,21,24)(H2,22,23,25). The fourth-order valence-electron chi connectivity index (χ4n) is 2.01. The van der Waals surface area contributed by atoms with Gasteiger partial charge in [-0.1, -0.05) is 23.2 Å². The van der Waals surface area contributed by atoms with Crippen LogP contribution < -0.4 is 21.7 Å². The van der Waals surface area contributed by atoms with E-state index < -0.39 is 17.8 Å². The Balaban J connectivity index is 2.16. The van der Waals surface area contributed by atoms with Crippen LogP contribution in [0.3, 0.4) is 0 Å². The normalized spacial score (nSPS) is 10.2. The van der Waals surface area contributed by atoms with Crippen molar-refractivity contribution in [3.63, 3.8) is 0 Å². The zero-order chi connectivity index (χ0) is 18.4. The van der Waals surface area contributed by atoms with Crippen LogP contribution in [0.5, 0.6) is 0 Å². The lowest BCUT2D eigenvalue weighted by Gasteiger charge is -2.13. The minimum atomic E-state index is -0.684. The van der Waals surface area contributed by atoms with Gasteiger partial charge < -0.3 is 21.7 Å². The Labute approximate surface area is 153 Å². The van der Waals surface area contributed by atoms with E-state index in [9.17, 15) is 14.0 Å². The third-order valence-corrected chi connectivity index (χ3v) is 3.48. The molecule has 0 saturated heterocycles. The number of rotatable bonds is 5. The first-order valence-electron chi connectivity index (χ1n) is 7.21. The molecule has 25 heavy (non-hydrogen) atoms. The van der Waals surface area contributed by atoms with Crippen LogP contribution in [-0.4, -0.2) is 25.0 Å². The second kappa shape index (κ2) is 8.66. The molecular formula is C16H15Cl2FN4O2. The number of anilines is 2. The maximum absolute atomic E-state index is 13.3. The van der Waals surface area contributed by atoms with Crippen LogP contribution in [0.1, 0.15) is 10.4 Å². The highest BCUT2D eigenvalue weighted by molar-refractivity contribution is 6.31. The van der Waals surface area contributed by atoms with Crippen LogP contribution in [0, 0.1) is 5.82 Å². The van der Waals surface area contributed by atoms with E-state index in [0.29, 0.717) is 5.02 Å². The van der Waals surface area contributed by atoms with E-state index in [-0.39, 0.29) is 35.1 Å². The minimum Gasteiger partial charge on any atom is -0.351 e. The predicted octanol–water partition coefficient (Wildman–Crippen LogP) is 3.47. The van der Waals surface area contributed by atoms with Gasteiger partial charge in [0, 0.05) is 28.8 Å². The van der Waals surface area contributed by atoms with Crippen molar-refractivity contribution in [1.82, 2.24) is 5.32 Å². The van der Waals surface area contributed by atoms with Crippen molar-refractivity contribution in [3.05, 3.63) is 57.8 Å². The van der Waals surface area contributed by atoms with Crippen molar-refractivity contribution in [2.45, 2.75) is 0 Å². The summed E-state index contributed by atoms with van der Waals surface area (Å²) in [6.07, 6.45) is 0. The molecule has 0 saturated carbocycles. The van der Waals surface area contributed by atoms with Gasteiger partial charge in [-0.3, -0.25) is 4.79 Å². The van der Waals surface area contributed by atoms with Crippen LogP contribution in [0.15, 0.2) is 36.4 Å². The molecule has 0 spiro atoms. The molecule has 0 bridgehead atoms. The average Bonchev–Trinajstić information content (AvgIpc) is 2.51. The molecular weight excluding hydrogens is 370 g/mol. The van der Waals surface area contributed by atoms with Gasteiger partial charge in [0.2, 0.25) is 0 Å². The van der Waals surface area contributed by atoms with Gasteiger partial charge in [-0.25, -0.2) is 9.18 Å². The molecule has 5 N–H and O–H groups in total. The van der Waals surface area contributed by atoms with Gasteiger partial charge in [-0.15, -0.1) is 0 Å². The van der Waals surface area contributed by atoms with E-state index in [4.69, 9.17) is 28.9 Å². The van der Waals surface area contributed by atoms with E-state index in [1.54, 1.807) is 0 Å². The van der Waals surface area contributed by atoms with Crippen molar-refractivity contribution >= 4 is 46.5 Å². The summed E-state index contributed by atoms with van der Waals surface area (Å²) in [7, 11) is 0. The molecule has 0 heterocycles. The Hall–Kier alpha value is -2.35. The number of nitrogens with two attached hydrogens (primary N) is 1. The van der Waals surface area contributed by atoms with Crippen LogP contribution in [-0.2, 0) is 0 Å². The lowest BCUT2D eigenvalue weighted by Crippen LogP contribution is -2.30. The maximum atomic E-state index is 13.3. The molecule has 9 heteroatoms. The highest BCUT2D eigenvalue weighted by Crippen LogP contribution is 2.22. The highest BCUT2D eigenvalue weighted by Gasteiger charge is 2.14. The van der Waals surface area contributed by atoms with Crippen LogP contribution in [0.2, 0.25) is 10.0 Å². The molecule has 2 aromatic carbocycles. The maximum Gasteiger partial charge on any atom is 0.323 e. The topological polar surface area (TPSA) is 96.2 Å². The molecule has 0 unspecified atom stereocenters. The summed E-state index contributed by atoms with van der Waals surface area (Å²) in [6.45, 7) is 0.567. The van der Waals surface area contributed by atoms with Gasteiger partial charge in [-0.05, 0) is 36.4 Å². The second-order valence-electron chi connectivity index (χ2n) is 4.97. The smallest absolute Gasteiger partial charge is 0.323 e. The molecule has 3 amide bonds. The first-order valence-corrected chi connectivity index (χ1v) is 7.96. The van der Waals surface area contributed by atoms with E-state index in [2.05, 4.69) is 16.0 Å². The van der Waals surface area contributed by atoms with Crippen molar-refractivity contribution in [2.75, 3.05) is 23.7 Å². The zero-order valence-corrected chi connectivity index (χ0v) is 14.4. The molecule has 0 aliphatic carbocycles. The largest absolute Gasteiger partial charge is 0.351 e. The van der Waals surface area contributed by atoms with Gasteiger partial charge in [0.15, 0.2) is 0 Å². The summed E-state index contributed by atoms with van der Waals surface area (Å²) >= 11 is 11.7. The molecule has 6 nitrogen and oxygen atoms in total. The molecule has 0 fully saturated rings. The van der Waals surface area contributed by atoms with Crippen molar-refractivity contribution in [2.24, 2.45) is 5.73 Å². The summed E-state index contributed by atoms with van der Waals surface area (Å²) in [6, 6.07) is 7.35. The highest BCUT2D eigenvalue weighted by atomic mass is 35.5. The monoisotopic (exact) mass is 384 g/mol. The number of hydrogen-bond donors (Lipinski definition) is 4. The summed E-state index contributed by atoms with van der Waals surface area (Å²) in [4.78, 5) is 24.2. The van der Waals surface area contributed by atoms with Crippen LogP contribution in [0.4, 0.5) is 20.6 Å². The van der Waals surface area contributed by atoms with Crippen molar-refractivity contribution in [3.8, 4) is 0 Å². The van der Waals surface area contributed by atoms with Gasteiger partial charge >= 0.3 is 6.03 Å². The average molecular weight is 385 g/mol. The Bertz CT molecular complexity index is 781. The number of nitrogens with one attached hydrogen (secondary N) is 3. The number of hydrogen-bond acceptors (Lipinski definition) is 3. The molecule has 0 aromatic heterocycles. The Kier molecular flexibility index (Phi) is 6.58. The van der Waals surface area contributed by atoms with E-state index in [1.165, 1.54) is 24.3 Å². The fourth-order valence-corrected chi connectivity index (χ4v) is 2.40. The number of benzene rings is 2. The zero-order valence-electron chi connectivity index (χ0n) is 12.9. The van der Waals surface area contributed by atoms with Crippen molar-refractivity contribution < 1.29 is 14.0 Å². The third kappa shape index (κ3) is 5.60. The third-order valence-electron chi connectivity index (χ3n) is 3.02. The number of halogens is 3. The Morgan fingerprint density at radius 1 is 1.04 bits per heavy atom. The molecule has 2 rings (SSSR count). The molecule has 0 aliphatic rings. The summed E-state index contributed by atoms with van der Waals surface area (Å²) in [5.41, 5.74) is 5.93. The first-order chi connectivity index (χ1) is 11.9. The lowest BCUT2D eigenvalue weighted by atomic mass is 10.1. The SMILES string of the molecule is NCCNC(=O)c1ccc(Cl)cc1NC(=O)Nc1cc(F)cc(Cl)c1. The number of amides is 3. The fraction of sp³-hybridized carbons (Fsp3) is 0.125. The summed E-state index contributed by atoms with van der Waals surface area (Å²) < 4.78 is 13.3. The van der Waals surface area contributed by atoms with E-state index in [0.717, 1.165) is 12.1 Å². The molecule has 0 radical (unpaired) electrons. The van der Waals surface area contributed by atoms with E-state index >= 15 is 0 Å². The Morgan fingerprint density at radius 3 is 2.48 bits per heavy atom. The van der Waals surface area contributed by atoms with Gasteiger partial charge in [0.05, 0.1) is 11.3 Å². The van der Waals surface area contributed by atoms with Gasteiger partial charge in [0.25, 0.3) is 5.91 Å².